The first-order valence-electron chi connectivity index (χ1n) is 7.33. The first-order chi connectivity index (χ1) is 11.6. The van der Waals surface area contributed by atoms with Crippen molar-refractivity contribution in [3.63, 3.8) is 0 Å². The van der Waals surface area contributed by atoms with Crippen LogP contribution in [0.5, 0.6) is 5.75 Å². The Kier molecular flexibility index (Phi) is 4.89. The predicted octanol–water partition coefficient (Wildman–Crippen LogP) is 2.20. The fourth-order valence-corrected chi connectivity index (χ4v) is 3.80. The number of rotatable bonds is 5. The number of benzene rings is 1. The van der Waals surface area contributed by atoms with E-state index in [1.165, 1.54) is 11.3 Å². The van der Waals surface area contributed by atoms with Crippen LogP contribution in [-0.2, 0) is 0 Å². The maximum Gasteiger partial charge on any atom is 0.451 e. The summed E-state index contributed by atoms with van der Waals surface area (Å²) in [5.74, 6) is 0.839. The van der Waals surface area contributed by atoms with Crippen molar-refractivity contribution in [2.45, 2.75) is 13.8 Å². The summed E-state index contributed by atoms with van der Waals surface area (Å²) in [6, 6.07) is 7.86. The molecule has 0 bridgehead atoms. The van der Waals surface area contributed by atoms with Crippen molar-refractivity contribution in [1.82, 2.24) is 4.98 Å². The number of nitrogens with two attached hydrogens (primary N) is 2. The Bertz CT molecular complexity index is 867. The molecular formula is C16H19N5OS2+2. The van der Waals surface area contributed by atoms with Gasteiger partial charge in [-0.15, -0.1) is 10.4 Å². The van der Waals surface area contributed by atoms with E-state index in [-0.39, 0.29) is 0 Å². The molecule has 0 fully saturated rings. The summed E-state index contributed by atoms with van der Waals surface area (Å²) in [5.41, 5.74) is 11.6. The van der Waals surface area contributed by atoms with Gasteiger partial charge in [0.25, 0.3) is 0 Å². The number of aromatic nitrogens is 2. The van der Waals surface area contributed by atoms with Crippen molar-refractivity contribution in [3.05, 3.63) is 40.9 Å². The molecule has 2 aromatic heterocycles. The molecule has 1 aromatic carbocycles. The van der Waals surface area contributed by atoms with Gasteiger partial charge < -0.3 is 10.5 Å². The highest BCUT2D eigenvalue weighted by molar-refractivity contribution is 7.19. The lowest BCUT2D eigenvalue weighted by molar-refractivity contribution is -0.643. The van der Waals surface area contributed by atoms with Crippen LogP contribution in [0.3, 0.4) is 0 Å². The number of hydrogen-bond acceptors (Lipinski definition) is 6. The van der Waals surface area contributed by atoms with Crippen LogP contribution in [-0.4, -0.2) is 17.8 Å². The van der Waals surface area contributed by atoms with Gasteiger partial charge in [-0.1, -0.05) is 16.4 Å². The fraction of sp³-hybridized carbons (Fsp3) is 0.188. The number of nitrogens with one attached hydrogen (secondary N) is 1. The molecule has 6 nitrogen and oxygen atoms in total. The van der Waals surface area contributed by atoms with E-state index in [0.29, 0.717) is 5.13 Å². The third-order valence-electron chi connectivity index (χ3n) is 3.50. The highest BCUT2D eigenvalue weighted by Crippen LogP contribution is 2.30. The molecule has 24 heavy (non-hydrogen) atoms. The number of quaternary nitrogens is 1. The molecule has 0 saturated carbocycles. The zero-order valence-electron chi connectivity index (χ0n) is 13.7. The van der Waals surface area contributed by atoms with Crippen molar-refractivity contribution in [2.24, 2.45) is 5.10 Å². The van der Waals surface area contributed by atoms with Crippen molar-refractivity contribution >= 4 is 38.6 Å². The van der Waals surface area contributed by atoms with E-state index in [2.05, 4.69) is 20.4 Å². The number of nitrogen functional groups attached to an aromatic ring is 1. The van der Waals surface area contributed by atoms with E-state index in [0.717, 1.165) is 38.4 Å². The number of ether oxygens (including phenoxy) is 1. The Labute approximate surface area is 148 Å². The smallest absolute Gasteiger partial charge is 0.451 e. The molecule has 0 radical (unpaired) electrons. The lowest BCUT2D eigenvalue weighted by atomic mass is 10.1. The quantitative estimate of drug-likeness (QED) is 0.415. The monoisotopic (exact) mass is 361 g/mol. The molecule has 0 amide bonds. The summed E-state index contributed by atoms with van der Waals surface area (Å²) in [7, 11) is 1.66. The molecular weight excluding hydrogens is 342 g/mol. The first-order valence-corrected chi connectivity index (χ1v) is 9.02. The Hall–Kier alpha value is -2.29. The lowest BCUT2D eigenvalue weighted by Crippen LogP contribution is -2.73. The normalized spacial score (nSPS) is 11.7. The summed E-state index contributed by atoms with van der Waals surface area (Å²) < 4.78 is 5.17. The Balaban J connectivity index is 1.73. The number of aromatic amines is 1. The van der Waals surface area contributed by atoms with Gasteiger partial charge in [-0.2, -0.15) is 0 Å². The Morgan fingerprint density at radius 3 is 2.71 bits per heavy atom. The van der Waals surface area contributed by atoms with Gasteiger partial charge in [-0.3, -0.25) is 0 Å². The van der Waals surface area contributed by atoms with Gasteiger partial charge >= 0.3 is 5.13 Å². The van der Waals surface area contributed by atoms with Gasteiger partial charge in [0, 0.05) is 5.56 Å². The number of anilines is 1. The first kappa shape index (κ1) is 16.6. The highest BCUT2D eigenvalue weighted by atomic mass is 32.1. The molecule has 0 spiro atoms. The molecule has 2 heterocycles. The largest absolute Gasteiger partial charge is 0.497 e. The topological polar surface area (TPSA) is 91.2 Å². The van der Waals surface area contributed by atoms with Crippen LogP contribution in [0.15, 0.2) is 34.7 Å². The van der Waals surface area contributed by atoms with Crippen molar-refractivity contribution in [2.75, 3.05) is 12.8 Å². The number of H-pyrrole nitrogens is 1. The summed E-state index contributed by atoms with van der Waals surface area (Å²) in [5, 5.41) is 8.17. The van der Waals surface area contributed by atoms with Gasteiger partial charge in [0.15, 0.2) is 5.13 Å². The number of thiazole rings is 2. The van der Waals surface area contributed by atoms with Crippen LogP contribution in [0.4, 0.5) is 10.3 Å². The molecule has 8 heteroatoms. The second-order valence-electron chi connectivity index (χ2n) is 5.18. The molecule has 5 N–H and O–H groups in total. The van der Waals surface area contributed by atoms with E-state index < -0.39 is 0 Å². The van der Waals surface area contributed by atoms with E-state index in [4.69, 9.17) is 10.5 Å². The minimum atomic E-state index is 0.584. The van der Waals surface area contributed by atoms with Crippen LogP contribution in [0.1, 0.15) is 18.2 Å². The van der Waals surface area contributed by atoms with Crippen LogP contribution < -0.4 is 20.9 Å². The summed E-state index contributed by atoms with van der Waals surface area (Å²) in [4.78, 5) is 8.69. The zero-order chi connectivity index (χ0) is 17.1. The van der Waals surface area contributed by atoms with Crippen molar-refractivity contribution in [1.29, 1.82) is 0 Å². The Morgan fingerprint density at radius 2 is 2.08 bits per heavy atom. The van der Waals surface area contributed by atoms with Crippen molar-refractivity contribution < 1.29 is 15.1 Å². The molecule has 0 atom stereocenters. The van der Waals surface area contributed by atoms with Crippen LogP contribution in [0.25, 0.3) is 10.6 Å². The third kappa shape index (κ3) is 3.61. The molecule has 0 aliphatic heterocycles. The molecule has 3 rings (SSSR count). The van der Waals surface area contributed by atoms with Gasteiger partial charge in [-0.05, 0) is 49.4 Å². The number of nitrogens with zero attached hydrogens (tertiary/aromatic N) is 2. The molecule has 0 aliphatic carbocycles. The predicted molar refractivity (Wildman–Crippen MR) is 97.9 cm³/mol. The average molecular weight is 361 g/mol. The third-order valence-corrected chi connectivity index (χ3v) is 5.34. The van der Waals surface area contributed by atoms with Gasteiger partial charge in [0.05, 0.1) is 18.2 Å². The zero-order valence-corrected chi connectivity index (χ0v) is 15.3. The maximum absolute atomic E-state index is 5.77. The number of hydrogen-bond donors (Lipinski definition) is 2. The summed E-state index contributed by atoms with van der Waals surface area (Å²) in [6.07, 6.45) is 0. The van der Waals surface area contributed by atoms with E-state index in [9.17, 15) is 0 Å². The Morgan fingerprint density at radius 1 is 1.33 bits per heavy atom. The molecule has 124 valence electrons. The van der Waals surface area contributed by atoms with Crippen LogP contribution in [0.2, 0.25) is 0 Å². The lowest BCUT2D eigenvalue weighted by Gasteiger charge is -2.01. The minimum Gasteiger partial charge on any atom is -0.497 e. The number of methoxy groups -OCH3 is 1. The van der Waals surface area contributed by atoms with Crippen LogP contribution in [0, 0.1) is 6.92 Å². The van der Waals surface area contributed by atoms with Gasteiger partial charge in [-0.25, -0.2) is 4.98 Å². The highest BCUT2D eigenvalue weighted by Gasteiger charge is 2.19. The maximum atomic E-state index is 5.77. The molecule has 0 saturated heterocycles. The minimum absolute atomic E-state index is 0.584. The fourth-order valence-electron chi connectivity index (χ4n) is 2.22. The standard InChI is InChI=1S/C16H17N5OS2/c1-9(11-4-6-12(22-3)7-5-11)20-21-16-19-13(8-23-16)14-10(2)18-15(17)24-14/h4-8H,1-3H3,(H2,17,18)(H,19,21)/p+2. The van der Waals surface area contributed by atoms with E-state index in [1.807, 2.05) is 43.5 Å². The molecule has 0 aliphatic rings. The van der Waals surface area contributed by atoms with E-state index >= 15 is 0 Å². The second kappa shape index (κ2) is 7.08. The summed E-state index contributed by atoms with van der Waals surface area (Å²) in [6.45, 7) is 3.95. The second-order valence-corrected chi connectivity index (χ2v) is 7.12. The number of aryl methyl sites for hydroxylation is 1. The van der Waals surface area contributed by atoms with Gasteiger partial charge in [0.2, 0.25) is 5.69 Å². The molecule has 0 unspecified atom stereocenters. The van der Waals surface area contributed by atoms with Gasteiger partial charge in [0.1, 0.15) is 16.3 Å². The van der Waals surface area contributed by atoms with Crippen LogP contribution >= 0.6 is 22.7 Å². The summed E-state index contributed by atoms with van der Waals surface area (Å²) >= 11 is 3.09. The average Bonchev–Trinajstić information content (AvgIpc) is 3.18. The van der Waals surface area contributed by atoms with Crippen molar-refractivity contribution in [3.8, 4) is 16.3 Å². The molecule has 3 aromatic rings. The SMILES string of the molecule is COc1ccc(C(C)=N[NH2+]c2[nH+]c(-c3sc(N)nc3C)cs2)cc1. The van der Waals surface area contributed by atoms with E-state index in [1.54, 1.807) is 18.4 Å².